The summed E-state index contributed by atoms with van der Waals surface area (Å²) in [7, 11) is 0. The molecule has 1 fully saturated rings. The molecule has 1 N–H and O–H groups in total. The lowest BCUT2D eigenvalue weighted by Gasteiger charge is -2.22. The molecule has 2 heteroatoms. The number of nitrogens with one attached hydrogen (secondary N) is 1. The topological polar surface area (TPSA) is 29.1 Å². The van der Waals surface area contributed by atoms with Crippen LogP contribution in [0.25, 0.3) is 0 Å². The number of hydrogen-bond acceptors (Lipinski definition) is 2. The Bertz CT molecular complexity index is 342. The molecule has 0 amide bonds. The van der Waals surface area contributed by atoms with Crippen molar-refractivity contribution in [3.8, 4) is 0 Å². The van der Waals surface area contributed by atoms with Gasteiger partial charge in [0.2, 0.25) is 0 Å². The lowest BCUT2D eigenvalue weighted by atomic mass is 9.91. The van der Waals surface area contributed by atoms with Gasteiger partial charge in [-0.15, -0.1) is 0 Å². The summed E-state index contributed by atoms with van der Waals surface area (Å²) in [6.07, 6.45) is 5.88. The monoisotopic (exact) mass is 217 g/mol. The van der Waals surface area contributed by atoms with Crippen molar-refractivity contribution in [2.45, 2.75) is 25.7 Å². The van der Waals surface area contributed by atoms with Crippen LogP contribution in [0.5, 0.6) is 0 Å². The van der Waals surface area contributed by atoms with Crippen molar-refractivity contribution in [2.24, 2.45) is 5.92 Å². The van der Waals surface area contributed by atoms with E-state index in [1.165, 1.54) is 37.9 Å². The average Bonchev–Trinajstić information content (AvgIpc) is 2.38. The molecule has 1 aromatic rings. The smallest absolute Gasteiger partial charge is 0.150 e. The summed E-state index contributed by atoms with van der Waals surface area (Å²) in [4.78, 5) is 10.7. The molecule has 1 saturated heterocycles. The highest BCUT2D eigenvalue weighted by molar-refractivity contribution is 5.74. The molecule has 0 saturated carbocycles. The number of carbonyl (C=O) groups excluding carboxylic acids is 1. The summed E-state index contributed by atoms with van der Waals surface area (Å²) < 4.78 is 0. The first-order valence-electron chi connectivity index (χ1n) is 6.13. The number of aryl methyl sites for hydroxylation is 1. The highest BCUT2D eigenvalue weighted by Crippen LogP contribution is 2.18. The van der Waals surface area contributed by atoms with Crippen LogP contribution in [0.2, 0.25) is 0 Å². The summed E-state index contributed by atoms with van der Waals surface area (Å²) in [6.45, 7) is 2.33. The highest BCUT2D eigenvalue weighted by atomic mass is 16.1. The second-order valence-corrected chi connectivity index (χ2v) is 4.59. The first kappa shape index (κ1) is 11.3. The molecule has 1 aliphatic heterocycles. The van der Waals surface area contributed by atoms with Gasteiger partial charge in [0.25, 0.3) is 0 Å². The summed E-state index contributed by atoms with van der Waals surface area (Å²) in [6, 6.07) is 7.96. The lowest BCUT2D eigenvalue weighted by molar-refractivity contribution is 0.112. The first-order chi connectivity index (χ1) is 7.88. The number of benzene rings is 1. The maximum absolute atomic E-state index is 10.7. The minimum atomic E-state index is 0.794. The van der Waals surface area contributed by atoms with E-state index in [1.54, 1.807) is 0 Å². The molecule has 1 heterocycles. The molecule has 2 rings (SSSR count). The van der Waals surface area contributed by atoms with E-state index in [4.69, 9.17) is 0 Å². The number of rotatable bonds is 4. The lowest BCUT2D eigenvalue weighted by Crippen LogP contribution is -2.27. The van der Waals surface area contributed by atoms with E-state index < -0.39 is 0 Å². The minimum absolute atomic E-state index is 0.794. The van der Waals surface area contributed by atoms with Crippen LogP contribution in [-0.2, 0) is 6.42 Å². The Morgan fingerprint density at radius 3 is 2.88 bits per heavy atom. The van der Waals surface area contributed by atoms with Gasteiger partial charge >= 0.3 is 0 Å². The van der Waals surface area contributed by atoms with Crippen LogP contribution in [0.4, 0.5) is 0 Å². The Hall–Kier alpha value is -1.15. The molecular weight excluding hydrogens is 198 g/mol. The second kappa shape index (κ2) is 5.80. The van der Waals surface area contributed by atoms with Gasteiger partial charge in [-0.3, -0.25) is 4.79 Å². The van der Waals surface area contributed by atoms with Crippen molar-refractivity contribution >= 4 is 6.29 Å². The van der Waals surface area contributed by atoms with E-state index in [0.29, 0.717) is 0 Å². The third-order valence-electron chi connectivity index (χ3n) is 3.39. The third-order valence-corrected chi connectivity index (χ3v) is 3.39. The number of aldehydes is 1. The predicted octanol–water partition coefficient (Wildman–Crippen LogP) is 2.43. The van der Waals surface area contributed by atoms with Crippen molar-refractivity contribution in [3.05, 3.63) is 35.4 Å². The zero-order valence-electron chi connectivity index (χ0n) is 9.61. The summed E-state index contributed by atoms with van der Waals surface area (Å²) in [5, 5.41) is 3.38. The van der Waals surface area contributed by atoms with Gasteiger partial charge in [-0.25, -0.2) is 0 Å². The van der Waals surface area contributed by atoms with Gasteiger partial charge in [0, 0.05) is 5.56 Å². The number of hydrogen-bond donors (Lipinski definition) is 1. The normalized spacial score (nSPS) is 17.2. The van der Waals surface area contributed by atoms with Crippen molar-refractivity contribution in [1.29, 1.82) is 0 Å². The fourth-order valence-corrected chi connectivity index (χ4v) is 2.36. The Labute approximate surface area is 97.1 Å². The van der Waals surface area contributed by atoms with Crippen LogP contribution in [-0.4, -0.2) is 19.4 Å². The van der Waals surface area contributed by atoms with Crippen LogP contribution >= 0.6 is 0 Å². The van der Waals surface area contributed by atoms with Crippen LogP contribution in [0.3, 0.4) is 0 Å². The van der Waals surface area contributed by atoms with E-state index in [9.17, 15) is 4.79 Å². The summed E-state index contributed by atoms with van der Waals surface area (Å²) in [5.74, 6) is 0.862. The Morgan fingerprint density at radius 1 is 1.31 bits per heavy atom. The maximum Gasteiger partial charge on any atom is 0.150 e. The average molecular weight is 217 g/mol. The van der Waals surface area contributed by atoms with Gasteiger partial charge in [-0.2, -0.15) is 0 Å². The van der Waals surface area contributed by atoms with Gasteiger partial charge in [0.1, 0.15) is 6.29 Å². The van der Waals surface area contributed by atoms with Crippen molar-refractivity contribution in [3.63, 3.8) is 0 Å². The van der Waals surface area contributed by atoms with Crippen molar-refractivity contribution in [2.75, 3.05) is 13.1 Å². The molecule has 0 spiro atoms. The van der Waals surface area contributed by atoms with E-state index in [0.717, 1.165) is 24.2 Å². The van der Waals surface area contributed by atoms with Gasteiger partial charge in [0.15, 0.2) is 0 Å². The molecule has 0 aliphatic carbocycles. The second-order valence-electron chi connectivity index (χ2n) is 4.59. The van der Waals surface area contributed by atoms with Gasteiger partial charge in [-0.1, -0.05) is 18.2 Å². The standard InChI is InChI=1S/C14H19NO/c16-11-14-3-1-2-13(10-14)5-4-12-6-8-15-9-7-12/h1-3,10-12,15H,4-9H2. The zero-order valence-corrected chi connectivity index (χ0v) is 9.61. The molecule has 1 aliphatic rings. The Kier molecular flexibility index (Phi) is 4.11. The Morgan fingerprint density at radius 2 is 2.12 bits per heavy atom. The molecule has 0 bridgehead atoms. The molecule has 0 unspecified atom stereocenters. The maximum atomic E-state index is 10.7. The van der Waals surface area contributed by atoms with E-state index >= 15 is 0 Å². The molecule has 16 heavy (non-hydrogen) atoms. The number of piperidine rings is 1. The SMILES string of the molecule is O=Cc1cccc(CCC2CCNCC2)c1. The van der Waals surface area contributed by atoms with Crippen LogP contribution in [0, 0.1) is 5.92 Å². The fourth-order valence-electron chi connectivity index (χ4n) is 2.36. The first-order valence-corrected chi connectivity index (χ1v) is 6.13. The van der Waals surface area contributed by atoms with Crippen LogP contribution in [0.1, 0.15) is 35.2 Å². The van der Waals surface area contributed by atoms with Crippen molar-refractivity contribution < 1.29 is 4.79 Å². The summed E-state index contributed by atoms with van der Waals surface area (Å²) in [5.41, 5.74) is 2.09. The fraction of sp³-hybridized carbons (Fsp3) is 0.500. The van der Waals surface area contributed by atoms with E-state index in [-0.39, 0.29) is 0 Å². The summed E-state index contributed by atoms with van der Waals surface area (Å²) >= 11 is 0. The van der Waals surface area contributed by atoms with E-state index in [1.807, 2.05) is 18.2 Å². The predicted molar refractivity (Wildman–Crippen MR) is 65.7 cm³/mol. The molecule has 2 nitrogen and oxygen atoms in total. The molecule has 0 atom stereocenters. The molecule has 1 aromatic carbocycles. The van der Waals surface area contributed by atoms with Crippen molar-refractivity contribution in [1.82, 2.24) is 5.32 Å². The Balaban J connectivity index is 1.85. The largest absolute Gasteiger partial charge is 0.317 e. The number of carbonyl (C=O) groups is 1. The third kappa shape index (κ3) is 3.17. The van der Waals surface area contributed by atoms with Gasteiger partial charge < -0.3 is 5.32 Å². The van der Waals surface area contributed by atoms with Crippen LogP contribution in [0.15, 0.2) is 24.3 Å². The van der Waals surface area contributed by atoms with Crippen LogP contribution < -0.4 is 5.32 Å². The molecule has 86 valence electrons. The molecular formula is C14H19NO. The molecule has 0 radical (unpaired) electrons. The van der Waals surface area contributed by atoms with E-state index in [2.05, 4.69) is 11.4 Å². The minimum Gasteiger partial charge on any atom is -0.317 e. The molecule has 0 aromatic heterocycles. The van der Waals surface area contributed by atoms with Gasteiger partial charge in [0.05, 0.1) is 0 Å². The zero-order chi connectivity index (χ0) is 11.2. The quantitative estimate of drug-likeness (QED) is 0.785. The van der Waals surface area contributed by atoms with Gasteiger partial charge in [-0.05, 0) is 56.3 Å². The highest BCUT2D eigenvalue weighted by Gasteiger charge is 2.12.